The number of anilines is 1. The average Bonchev–Trinajstić information content (AvgIpc) is 3.19. The minimum Gasteiger partial charge on any atom is -0.454 e. The summed E-state index contributed by atoms with van der Waals surface area (Å²) < 4.78 is 10.8. The molecule has 1 aliphatic heterocycles. The largest absolute Gasteiger partial charge is 0.454 e. The molecule has 0 unspecified atom stereocenters. The van der Waals surface area contributed by atoms with Crippen LogP contribution in [0.2, 0.25) is 0 Å². The molecule has 2 aromatic heterocycles. The summed E-state index contributed by atoms with van der Waals surface area (Å²) in [6, 6.07) is 9.55. The molecule has 3 aromatic rings. The fourth-order valence-electron chi connectivity index (χ4n) is 3.03. The molecule has 0 bridgehead atoms. The molecule has 7 nitrogen and oxygen atoms in total. The van der Waals surface area contributed by atoms with Crippen molar-refractivity contribution < 1.29 is 9.47 Å². The Morgan fingerprint density at radius 3 is 2.72 bits per heavy atom. The monoisotopic (exact) mass is 333 g/mol. The highest BCUT2D eigenvalue weighted by molar-refractivity contribution is 5.82. The molecular formula is C18H15N5O2. The molecule has 3 N–H and O–H groups in total. The first-order chi connectivity index (χ1) is 12.1. The van der Waals surface area contributed by atoms with E-state index >= 15 is 0 Å². The first kappa shape index (κ1) is 15.0. The quantitative estimate of drug-likeness (QED) is 0.746. The van der Waals surface area contributed by atoms with Crippen LogP contribution in [0.4, 0.5) is 5.82 Å². The Bertz CT molecular complexity index is 1010. The van der Waals surface area contributed by atoms with Gasteiger partial charge in [-0.05, 0) is 37.6 Å². The van der Waals surface area contributed by atoms with Crippen LogP contribution in [0.1, 0.15) is 17.0 Å². The summed E-state index contributed by atoms with van der Waals surface area (Å²) in [7, 11) is 0. The number of aryl methyl sites for hydroxylation is 2. The Labute approximate surface area is 144 Å². The SMILES string of the molecule is Cc1n[nH]c(C)c1-c1cc(-c2ccc3c(c2)OCO3)c(C#N)c(N)n1. The highest BCUT2D eigenvalue weighted by atomic mass is 16.7. The van der Waals surface area contributed by atoms with Crippen molar-refractivity contribution in [2.75, 3.05) is 12.5 Å². The third-order valence-corrected chi connectivity index (χ3v) is 4.23. The number of aromatic amines is 1. The Morgan fingerprint density at radius 1 is 1.20 bits per heavy atom. The summed E-state index contributed by atoms with van der Waals surface area (Å²) >= 11 is 0. The van der Waals surface area contributed by atoms with E-state index in [9.17, 15) is 5.26 Å². The van der Waals surface area contributed by atoms with E-state index in [1.807, 2.05) is 38.1 Å². The molecule has 124 valence electrons. The van der Waals surface area contributed by atoms with Gasteiger partial charge in [-0.15, -0.1) is 0 Å². The molecule has 1 aromatic carbocycles. The number of benzene rings is 1. The van der Waals surface area contributed by atoms with Crippen molar-refractivity contribution in [3.8, 4) is 40.0 Å². The Hall–Kier alpha value is -3.53. The van der Waals surface area contributed by atoms with Crippen molar-refractivity contribution in [2.24, 2.45) is 0 Å². The topological polar surface area (TPSA) is 110 Å². The molecule has 0 saturated heterocycles. The summed E-state index contributed by atoms with van der Waals surface area (Å²) in [5.74, 6) is 1.52. The number of H-pyrrole nitrogens is 1. The fourth-order valence-corrected chi connectivity index (χ4v) is 3.03. The highest BCUT2D eigenvalue weighted by Gasteiger charge is 2.19. The van der Waals surface area contributed by atoms with Crippen LogP contribution < -0.4 is 15.2 Å². The number of nitrogens with two attached hydrogens (primary N) is 1. The van der Waals surface area contributed by atoms with Gasteiger partial charge >= 0.3 is 0 Å². The van der Waals surface area contributed by atoms with Gasteiger partial charge in [-0.3, -0.25) is 5.10 Å². The second kappa shape index (κ2) is 5.53. The number of hydrogen-bond donors (Lipinski definition) is 2. The zero-order valence-corrected chi connectivity index (χ0v) is 13.8. The van der Waals surface area contributed by atoms with Gasteiger partial charge in [-0.1, -0.05) is 6.07 Å². The van der Waals surface area contributed by atoms with Crippen LogP contribution in [0.5, 0.6) is 11.5 Å². The molecule has 4 rings (SSSR count). The summed E-state index contributed by atoms with van der Waals surface area (Å²) in [5, 5.41) is 16.7. The first-order valence-electron chi connectivity index (χ1n) is 7.71. The lowest BCUT2D eigenvalue weighted by Crippen LogP contribution is -2.00. The number of nitriles is 1. The van der Waals surface area contributed by atoms with Crippen LogP contribution in [0.15, 0.2) is 24.3 Å². The van der Waals surface area contributed by atoms with Gasteiger partial charge in [-0.2, -0.15) is 10.4 Å². The van der Waals surface area contributed by atoms with Crippen molar-refractivity contribution in [2.45, 2.75) is 13.8 Å². The van der Waals surface area contributed by atoms with Crippen molar-refractivity contribution in [1.82, 2.24) is 15.2 Å². The van der Waals surface area contributed by atoms with Crippen molar-refractivity contribution in [3.63, 3.8) is 0 Å². The summed E-state index contributed by atoms with van der Waals surface area (Å²) in [6.07, 6.45) is 0. The van der Waals surface area contributed by atoms with Crippen LogP contribution in [-0.2, 0) is 0 Å². The van der Waals surface area contributed by atoms with Gasteiger partial charge < -0.3 is 15.2 Å². The van der Waals surface area contributed by atoms with Crippen LogP contribution in [0.25, 0.3) is 22.4 Å². The molecular weight excluding hydrogens is 318 g/mol. The van der Waals surface area contributed by atoms with E-state index in [0.29, 0.717) is 28.3 Å². The molecule has 3 heterocycles. The zero-order chi connectivity index (χ0) is 17.6. The lowest BCUT2D eigenvalue weighted by Gasteiger charge is -2.11. The maximum Gasteiger partial charge on any atom is 0.231 e. The number of rotatable bonds is 2. The molecule has 7 heteroatoms. The van der Waals surface area contributed by atoms with Crippen molar-refractivity contribution in [1.29, 1.82) is 5.26 Å². The van der Waals surface area contributed by atoms with Crippen LogP contribution >= 0.6 is 0 Å². The van der Waals surface area contributed by atoms with Gasteiger partial charge in [0.2, 0.25) is 6.79 Å². The number of nitrogens with one attached hydrogen (secondary N) is 1. The number of aromatic nitrogens is 3. The summed E-state index contributed by atoms with van der Waals surface area (Å²) in [6.45, 7) is 4.02. The minimum absolute atomic E-state index is 0.188. The lowest BCUT2D eigenvalue weighted by molar-refractivity contribution is 0.174. The second-order valence-corrected chi connectivity index (χ2v) is 5.80. The molecule has 0 fully saturated rings. The molecule has 0 radical (unpaired) electrons. The molecule has 1 aliphatic rings. The number of nitrogen functional groups attached to an aromatic ring is 1. The van der Waals surface area contributed by atoms with E-state index in [1.54, 1.807) is 0 Å². The third-order valence-electron chi connectivity index (χ3n) is 4.23. The van der Waals surface area contributed by atoms with E-state index in [0.717, 1.165) is 22.5 Å². The van der Waals surface area contributed by atoms with Gasteiger partial charge in [0.25, 0.3) is 0 Å². The van der Waals surface area contributed by atoms with Gasteiger partial charge in [-0.25, -0.2) is 4.98 Å². The van der Waals surface area contributed by atoms with Crippen LogP contribution in [-0.4, -0.2) is 22.0 Å². The fraction of sp³-hybridized carbons (Fsp3) is 0.167. The van der Waals surface area contributed by atoms with E-state index < -0.39 is 0 Å². The van der Waals surface area contributed by atoms with Gasteiger partial charge in [0.05, 0.1) is 11.4 Å². The molecule has 0 spiro atoms. The van der Waals surface area contributed by atoms with E-state index in [2.05, 4.69) is 21.3 Å². The van der Waals surface area contributed by atoms with Crippen molar-refractivity contribution in [3.05, 3.63) is 41.2 Å². The number of fused-ring (bicyclic) bond motifs is 1. The number of hydrogen-bond acceptors (Lipinski definition) is 6. The zero-order valence-electron chi connectivity index (χ0n) is 13.8. The molecule has 0 aliphatic carbocycles. The van der Waals surface area contributed by atoms with Crippen molar-refractivity contribution >= 4 is 5.82 Å². The smallest absolute Gasteiger partial charge is 0.231 e. The first-order valence-corrected chi connectivity index (χ1v) is 7.71. The molecule has 0 saturated carbocycles. The predicted octanol–water partition coefficient (Wildman–Crippen LogP) is 2.94. The predicted molar refractivity (Wildman–Crippen MR) is 92.0 cm³/mol. The second-order valence-electron chi connectivity index (χ2n) is 5.80. The normalized spacial score (nSPS) is 12.2. The lowest BCUT2D eigenvalue weighted by atomic mass is 9.97. The maximum absolute atomic E-state index is 9.54. The van der Waals surface area contributed by atoms with Crippen LogP contribution in [0, 0.1) is 25.2 Å². The maximum atomic E-state index is 9.54. The van der Waals surface area contributed by atoms with E-state index in [-0.39, 0.29) is 12.6 Å². The van der Waals surface area contributed by atoms with Gasteiger partial charge in [0, 0.05) is 16.8 Å². The standard InChI is InChI=1S/C18H15N5O2/c1-9-17(10(2)23-22-9)14-6-12(13(7-19)18(20)21-14)11-3-4-15-16(5-11)25-8-24-15/h3-6H,8H2,1-2H3,(H2,20,21)(H,22,23). The Balaban J connectivity index is 1.94. The third kappa shape index (κ3) is 2.35. The minimum atomic E-state index is 0.188. The Morgan fingerprint density at radius 2 is 2.00 bits per heavy atom. The van der Waals surface area contributed by atoms with E-state index in [4.69, 9.17) is 15.2 Å². The van der Waals surface area contributed by atoms with Gasteiger partial charge in [0.1, 0.15) is 17.5 Å². The average molecular weight is 333 g/mol. The number of nitrogens with zero attached hydrogens (tertiary/aromatic N) is 3. The number of pyridine rings is 1. The van der Waals surface area contributed by atoms with Gasteiger partial charge in [0.15, 0.2) is 11.5 Å². The summed E-state index contributed by atoms with van der Waals surface area (Å²) in [5.41, 5.74) is 11.2. The van der Waals surface area contributed by atoms with E-state index in [1.165, 1.54) is 0 Å². The molecule has 25 heavy (non-hydrogen) atoms. The Kier molecular flexibility index (Phi) is 3.32. The number of ether oxygens (including phenoxy) is 2. The summed E-state index contributed by atoms with van der Waals surface area (Å²) in [4.78, 5) is 4.41. The van der Waals surface area contributed by atoms with Crippen LogP contribution in [0.3, 0.4) is 0 Å². The molecule has 0 amide bonds. The highest BCUT2D eigenvalue weighted by Crippen LogP contribution is 2.39. The molecule has 0 atom stereocenters.